The molecule has 0 atom stereocenters. The van der Waals surface area contributed by atoms with Gasteiger partial charge in [-0.1, -0.05) is 30.3 Å². The van der Waals surface area contributed by atoms with Crippen LogP contribution in [0.5, 0.6) is 0 Å². The highest BCUT2D eigenvalue weighted by atomic mass is 16.1. The van der Waals surface area contributed by atoms with Crippen molar-refractivity contribution in [2.75, 3.05) is 11.2 Å². The van der Waals surface area contributed by atoms with Crippen molar-refractivity contribution < 1.29 is 0 Å². The molecule has 3 N–H and O–H groups in total. The van der Waals surface area contributed by atoms with Crippen molar-refractivity contribution in [1.29, 1.82) is 0 Å². The van der Waals surface area contributed by atoms with Gasteiger partial charge in [-0.3, -0.25) is 9.78 Å². The van der Waals surface area contributed by atoms with Gasteiger partial charge in [-0.25, -0.2) is 4.98 Å². The van der Waals surface area contributed by atoms with Gasteiger partial charge in [-0.15, -0.1) is 0 Å². The fraction of sp³-hybridized carbons (Fsp3) is 0. The van der Waals surface area contributed by atoms with Gasteiger partial charge in [0, 0.05) is 5.39 Å². The molecule has 0 bridgehead atoms. The lowest BCUT2D eigenvalue weighted by atomic mass is 10.2. The van der Waals surface area contributed by atoms with Crippen molar-refractivity contribution in [3.05, 3.63) is 71.1 Å². The molecule has 112 valence electrons. The van der Waals surface area contributed by atoms with Gasteiger partial charge < -0.3 is 11.2 Å². The molecule has 0 aliphatic heterocycles. The number of hydrogen-bond donors (Lipinski definition) is 2. The minimum atomic E-state index is -0.299. The Balaban J connectivity index is 1.82. The highest BCUT2D eigenvalue weighted by Crippen LogP contribution is 2.19. The Bertz CT molecular complexity index is 1090. The van der Waals surface area contributed by atoms with Crippen molar-refractivity contribution in [2.24, 2.45) is 0 Å². The Hall–Kier alpha value is -3.41. The van der Waals surface area contributed by atoms with E-state index in [9.17, 15) is 4.79 Å². The number of nitrogens with one attached hydrogen (secondary N) is 1. The van der Waals surface area contributed by atoms with Crippen LogP contribution in [0.2, 0.25) is 0 Å². The standard InChI is InChI=1S/C17H13N5O/c18-22-16(23)13-6-2-4-8-15(13)21-17(22)20-12-9-11-5-1-3-7-14(11)19-10-12/h1-10H,18H2,(H,20,21). The van der Waals surface area contributed by atoms with Crippen LogP contribution in [0.3, 0.4) is 0 Å². The number of anilines is 2. The van der Waals surface area contributed by atoms with E-state index in [4.69, 9.17) is 5.84 Å². The lowest BCUT2D eigenvalue weighted by molar-refractivity contribution is 0.926. The number of pyridine rings is 1. The summed E-state index contributed by atoms with van der Waals surface area (Å²) in [7, 11) is 0. The Morgan fingerprint density at radius 2 is 1.74 bits per heavy atom. The van der Waals surface area contributed by atoms with E-state index in [2.05, 4.69) is 15.3 Å². The summed E-state index contributed by atoms with van der Waals surface area (Å²) in [5.41, 5.74) is 1.90. The van der Waals surface area contributed by atoms with Crippen molar-refractivity contribution in [2.45, 2.75) is 0 Å². The maximum atomic E-state index is 12.3. The molecule has 0 fully saturated rings. The number of nitrogens with two attached hydrogens (primary N) is 1. The molecule has 6 heteroatoms. The molecule has 2 aromatic carbocycles. The van der Waals surface area contributed by atoms with Gasteiger partial charge in [0.2, 0.25) is 5.95 Å². The molecule has 0 aliphatic carbocycles. The molecular weight excluding hydrogens is 290 g/mol. The number of fused-ring (bicyclic) bond motifs is 2. The van der Waals surface area contributed by atoms with Crippen molar-refractivity contribution in [1.82, 2.24) is 14.6 Å². The average molecular weight is 303 g/mol. The summed E-state index contributed by atoms with van der Waals surface area (Å²) in [4.78, 5) is 21.1. The van der Waals surface area contributed by atoms with Crippen LogP contribution in [-0.4, -0.2) is 14.6 Å². The number of hydrogen-bond acceptors (Lipinski definition) is 5. The van der Waals surface area contributed by atoms with Crippen LogP contribution in [0.15, 0.2) is 65.6 Å². The van der Waals surface area contributed by atoms with Crippen molar-refractivity contribution in [3.8, 4) is 0 Å². The molecule has 23 heavy (non-hydrogen) atoms. The molecule has 0 unspecified atom stereocenters. The number of para-hydroxylation sites is 2. The van der Waals surface area contributed by atoms with Crippen LogP contribution in [0.4, 0.5) is 11.6 Å². The summed E-state index contributed by atoms with van der Waals surface area (Å²) in [6.07, 6.45) is 1.68. The van der Waals surface area contributed by atoms with E-state index in [0.29, 0.717) is 16.6 Å². The molecule has 0 saturated heterocycles. The molecule has 0 amide bonds. The molecule has 0 radical (unpaired) electrons. The Labute approximate surface area is 131 Å². The molecule has 2 heterocycles. The second-order valence-electron chi connectivity index (χ2n) is 5.17. The quantitative estimate of drug-likeness (QED) is 0.555. The Kier molecular flexibility index (Phi) is 2.94. The zero-order valence-electron chi connectivity index (χ0n) is 12.1. The number of aromatic nitrogens is 3. The molecular formula is C17H13N5O. The normalized spacial score (nSPS) is 11.0. The van der Waals surface area contributed by atoms with E-state index < -0.39 is 0 Å². The van der Waals surface area contributed by atoms with Gasteiger partial charge in [0.15, 0.2) is 0 Å². The average Bonchev–Trinajstić information content (AvgIpc) is 2.59. The Morgan fingerprint density at radius 1 is 1.00 bits per heavy atom. The number of nitrogen functional groups attached to an aromatic ring is 1. The topological polar surface area (TPSA) is 85.8 Å². The fourth-order valence-corrected chi connectivity index (χ4v) is 2.50. The van der Waals surface area contributed by atoms with Crippen LogP contribution >= 0.6 is 0 Å². The zero-order valence-corrected chi connectivity index (χ0v) is 12.1. The fourth-order valence-electron chi connectivity index (χ4n) is 2.50. The summed E-state index contributed by atoms with van der Waals surface area (Å²) >= 11 is 0. The van der Waals surface area contributed by atoms with Crippen LogP contribution < -0.4 is 16.7 Å². The van der Waals surface area contributed by atoms with E-state index >= 15 is 0 Å². The number of rotatable bonds is 2. The minimum Gasteiger partial charge on any atom is -0.333 e. The van der Waals surface area contributed by atoms with Crippen molar-refractivity contribution >= 4 is 33.4 Å². The first kappa shape index (κ1) is 13.3. The van der Waals surface area contributed by atoms with Crippen LogP contribution in [0.1, 0.15) is 0 Å². The smallest absolute Gasteiger partial charge is 0.281 e. The van der Waals surface area contributed by atoms with Crippen LogP contribution in [0, 0.1) is 0 Å². The third-order valence-electron chi connectivity index (χ3n) is 3.65. The summed E-state index contributed by atoms with van der Waals surface area (Å²) in [6.45, 7) is 0. The third-order valence-corrected chi connectivity index (χ3v) is 3.65. The maximum Gasteiger partial charge on any atom is 0.281 e. The summed E-state index contributed by atoms with van der Waals surface area (Å²) in [5.74, 6) is 6.14. The van der Waals surface area contributed by atoms with Gasteiger partial charge in [-0.05, 0) is 24.3 Å². The maximum absolute atomic E-state index is 12.3. The first-order valence-corrected chi connectivity index (χ1v) is 7.11. The predicted molar refractivity (Wildman–Crippen MR) is 91.2 cm³/mol. The summed E-state index contributed by atoms with van der Waals surface area (Å²) < 4.78 is 1.01. The van der Waals surface area contributed by atoms with E-state index in [1.54, 1.807) is 24.4 Å². The zero-order chi connectivity index (χ0) is 15.8. The van der Waals surface area contributed by atoms with E-state index in [0.717, 1.165) is 15.6 Å². The minimum absolute atomic E-state index is 0.269. The van der Waals surface area contributed by atoms with Crippen molar-refractivity contribution in [3.63, 3.8) is 0 Å². The van der Waals surface area contributed by atoms with Gasteiger partial charge in [0.05, 0.1) is 28.3 Å². The SMILES string of the molecule is Nn1c(Nc2cnc3ccccc3c2)nc2ccccc2c1=O. The second-order valence-corrected chi connectivity index (χ2v) is 5.17. The number of benzene rings is 2. The molecule has 4 aromatic rings. The third kappa shape index (κ3) is 2.26. The lowest BCUT2D eigenvalue weighted by Crippen LogP contribution is -2.30. The summed E-state index contributed by atoms with van der Waals surface area (Å²) in [6, 6.07) is 16.8. The van der Waals surface area contributed by atoms with Crippen LogP contribution in [-0.2, 0) is 0 Å². The largest absolute Gasteiger partial charge is 0.333 e. The van der Waals surface area contributed by atoms with Gasteiger partial charge in [0.25, 0.3) is 5.56 Å². The monoisotopic (exact) mass is 303 g/mol. The highest BCUT2D eigenvalue weighted by molar-refractivity contribution is 5.83. The van der Waals surface area contributed by atoms with Gasteiger partial charge >= 0.3 is 0 Å². The van der Waals surface area contributed by atoms with Gasteiger partial charge in [0.1, 0.15) is 0 Å². The molecule has 0 saturated carbocycles. The molecule has 0 spiro atoms. The first-order valence-electron chi connectivity index (χ1n) is 7.11. The molecule has 0 aliphatic rings. The lowest BCUT2D eigenvalue weighted by Gasteiger charge is -2.11. The number of nitrogens with zero attached hydrogens (tertiary/aromatic N) is 3. The molecule has 2 aromatic heterocycles. The molecule has 4 rings (SSSR count). The second kappa shape index (κ2) is 5.10. The first-order chi connectivity index (χ1) is 11.2. The predicted octanol–water partition coefficient (Wildman–Crippen LogP) is 2.40. The summed E-state index contributed by atoms with van der Waals surface area (Å²) in [5, 5.41) is 4.54. The molecule has 6 nitrogen and oxygen atoms in total. The highest BCUT2D eigenvalue weighted by Gasteiger charge is 2.09. The van der Waals surface area contributed by atoms with E-state index in [-0.39, 0.29) is 11.5 Å². The Morgan fingerprint density at radius 3 is 2.61 bits per heavy atom. The van der Waals surface area contributed by atoms with E-state index in [1.807, 2.05) is 36.4 Å². The van der Waals surface area contributed by atoms with Gasteiger partial charge in [-0.2, -0.15) is 4.68 Å². The van der Waals surface area contributed by atoms with E-state index in [1.165, 1.54) is 0 Å². The van der Waals surface area contributed by atoms with Crippen LogP contribution in [0.25, 0.3) is 21.8 Å².